The molecule has 2 aliphatic rings. The molecule has 1 saturated carbocycles. The molecule has 2 aromatic rings. The molecule has 4 rings (SSSR count). The average molecular weight is 501 g/mol. The fraction of sp³-hybridized carbons (Fsp3) is 0.481. The van der Waals surface area contributed by atoms with E-state index in [-0.39, 0.29) is 18.5 Å². The van der Waals surface area contributed by atoms with Crippen LogP contribution in [0.5, 0.6) is 5.75 Å². The van der Waals surface area contributed by atoms with Gasteiger partial charge in [-0.25, -0.2) is 9.59 Å². The van der Waals surface area contributed by atoms with Crippen molar-refractivity contribution >= 4 is 23.7 Å². The van der Waals surface area contributed by atoms with Gasteiger partial charge in [-0.1, -0.05) is 48.0 Å². The largest absolute Gasteiger partial charge is 0.487 e. The summed E-state index contributed by atoms with van der Waals surface area (Å²) in [4.78, 5) is 26.1. The Bertz CT molecular complexity index is 1030. The highest BCUT2D eigenvalue weighted by Gasteiger charge is 2.41. The van der Waals surface area contributed by atoms with Gasteiger partial charge in [-0.2, -0.15) is 0 Å². The lowest BCUT2D eigenvalue weighted by Gasteiger charge is -2.45. The SMILES string of the molecule is CN(C)C1(c2ccccc2)CCC(Cc2ccc(Cl)c(O[C@H]3C[C@@H](C(=O)O)N(C(=O)O)C3)c2)CC1. The van der Waals surface area contributed by atoms with Gasteiger partial charge in [0.25, 0.3) is 0 Å². The Hall–Kier alpha value is -2.77. The average Bonchev–Trinajstić information content (AvgIpc) is 3.27. The second-order valence-corrected chi connectivity index (χ2v) is 10.4. The molecule has 2 fully saturated rings. The van der Waals surface area contributed by atoms with Crippen molar-refractivity contribution in [3.8, 4) is 5.75 Å². The van der Waals surface area contributed by atoms with Crippen molar-refractivity contribution in [3.05, 3.63) is 64.7 Å². The topological polar surface area (TPSA) is 90.3 Å². The number of hydrogen-bond donors (Lipinski definition) is 2. The molecule has 2 atom stereocenters. The van der Waals surface area contributed by atoms with Gasteiger partial charge in [0.05, 0.1) is 11.6 Å². The molecule has 0 radical (unpaired) electrons. The molecular weight excluding hydrogens is 468 g/mol. The molecule has 1 amide bonds. The number of ether oxygens (including phenoxy) is 1. The van der Waals surface area contributed by atoms with Crippen LogP contribution in [0.15, 0.2) is 48.5 Å². The number of carbonyl (C=O) groups is 2. The minimum atomic E-state index is -1.26. The Labute approximate surface area is 211 Å². The molecule has 35 heavy (non-hydrogen) atoms. The van der Waals surface area contributed by atoms with Crippen LogP contribution in [0.3, 0.4) is 0 Å². The maximum Gasteiger partial charge on any atom is 0.408 e. The Balaban J connectivity index is 1.41. The molecule has 0 bridgehead atoms. The zero-order valence-corrected chi connectivity index (χ0v) is 20.9. The predicted octanol–water partition coefficient (Wildman–Crippen LogP) is 5.11. The summed E-state index contributed by atoms with van der Waals surface area (Å²) in [5, 5.41) is 19.1. The lowest BCUT2D eigenvalue weighted by atomic mass is 9.70. The first kappa shape index (κ1) is 25.3. The van der Waals surface area contributed by atoms with Gasteiger partial charge in [-0.3, -0.25) is 9.80 Å². The number of benzene rings is 2. The van der Waals surface area contributed by atoms with Crippen LogP contribution in [-0.2, 0) is 16.8 Å². The number of rotatable bonds is 7. The molecule has 8 heteroatoms. The first-order chi connectivity index (χ1) is 16.7. The summed E-state index contributed by atoms with van der Waals surface area (Å²) >= 11 is 6.38. The summed E-state index contributed by atoms with van der Waals surface area (Å²) in [5.41, 5.74) is 2.55. The molecule has 188 valence electrons. The van der Waals surface area contributed by atoms with E-state index in [0.29, 0.717) is 16.7 Å². The van der Waals surface area contributed by atoms with Gasteiger partial charge >= 0.3 is 12.1 Å². The minimum Gasteiger partial charge on any atom is -0.487 e. The van der Waals surface area contributed by atoms with Crippen LogP contribution in [0.2, 0.25) is 5.02 Å². The molecule has 0 aromatic heterocycles. The zero-order valence-electron chi connectivity index (χ0n) is 20.2. The molecular formula is C27H33ClN2O5. The number of likely N-dealkylation sites (tertiary alicyclic amines) is 1. The number of amides is 1. The van der Waals surface area contributed by atoms with Gasteiger partial charge in [0, 0.05) is 12.0 Å². The molecule has 2 N–H and O–H groups in total. The maximum absolute atomic E-state index is 11.4. The maximum atomic E-state index is 11.4. The van der Waals surface area contributed by atoms with E-state index in [4.69, 9.17) is 16.3 Å². The molecule has 2 aromatic carbocycles. The van der Waals surface area contributed by atoms with E-state index in [1.54, 1.807) is 0 Å². The van der Waals surface area contributed by atoms with Crippen molar-refractivity contribution in [2.75, 3.05) is 20.6 Å². The number of carboxylic acids is 1. The van der Waals surface area contributed by atoms with Gasteiger partial charge in [-0.15, -0.1) is 0 Å². The molecule has 7 nitrogen and oxygen atoms in total. The molecule has 0 spiro atoms. The third-order valence-corrected chi connectivity index (χ3v) is 8.02. The van der Waals surface area contributed by atoms with Crippen LogP contribution in [0.1, 0.15) is 43.2 Å². The predicted molar refractivity (Wildman–Crippen MR) is 134 cm³/mol. The Morgan fingerprint density at radius 1 is 1.11 bits per heavy atom. The number of nitrogens with zero attached hydrogens (tertiary/aromatic N) is 2. The number of hydrogen-bond acceptors (Lipinski definition) is 4. The highest BCUT2D eigenvalue weighted by atomic mass is 35.5. The monoisotopic (exact) mass is 500 g/mol. The van der Waals surface area contributed by atoms with E-state index in [1.165, 1.54) is 5.56 Å². The van der Waals surface area contributed by atoms with E-state index in [1.807, 2.05) is 18.2 Å². The lowest BCUT2D eigenvalue weighted by molar-refractivity contribution is -0.141. The van der Waals surface area contributed by atoms with Crippen LogP contribution in [-0.4, -0.2) is 64.9 Å². The van der Waals surface area contributed by atoms with Crippen molar-refractivity contribution in [2.45, 2.75) is 56.2 Å². The summed E-state index contributed by atoms with van der Waals surface area (Å²) < 4.78 is 6.01. The minimum absolute atomic E-state index is 0.00157. The van der Waals surface area contributed by atoms with Crippen LogP contribution in [0, 0.1) is 5.92 Å². The normalized spacial score (nSPS) is 26.6. The van der Waals surface area contributed by atoms with Crippen molar-refractivity contribution in [3.63, 3.8) is 0 Å². The van der Waals surface area contributed by atoms with E-state index in [2.05, 4.69) is 49.3 Å². The molecule has 1 aliphatic heterocycles. The highest BCUT2D eigenvalue weighted by molar-refractivity contribution is 6.32. The van der Waals surface area contributed by atoms with Gasteiger partial charge in [0.1, 0.15) is 17.9 Å². The third-order valence-electron chi connectivity index (χ3n) is 7.71. The van der Waals surface area contributed by atoms with Gasteiger partial charge in [0.2, 0.25) is 0 Å². The van der Waals surface area contributed by atoms with Crippen molar-refractivity contribution in [1.29, 1.82) is 0 Å². The molecule has 1 saturated heterocycles. The smallest absolute Gasteiger partial charge is 0.408 e. The highest BCUT2D eigenvalue weighted by Crippen LogP contribution is 2.44. The van der Waals surface area contributed by atoms with Crippen LogP contribution in [0.25, 0.3) is 0 Å². The fourth-order valence-electron chi connectivity index (χ4n) is 5.71. The van der Waals surface area contributed by atoms with Crippen molar-refractivity contribution in [2.24, 2.45) is 5.92 Å². The Morgan fingerprint density at radius 3 is 2.37 bits per heavy atom. The Kier molecular flexibility index (Phi) is 7.57. The first-order valence-electron chi connectivity index (χ1n) is 12.1. The quantitative estimate of drug-likeness (QED) is 0.548. The summed E-state index contributed by atoms with van der Waals surface area (Å²) in [6, 6.07) is 15.4. The second kappa shape index (κ2) is 10.5. The standard InChI is InChI=1S/C27H33ClN2O5/c1-29(2)27(20-6-4-3-5-7-20)12-10-18(11-13-27)14-19-8-9-22(28)24(15-19)35-21-16-23(25(31)32)30(17-21)26(33)34/h3-9,15,18,21,23H,10-14,16-17H2,1-2H3,(H,31,32)(H,33,34)/t18?,21-,23-,27?/m0/s1. The number of aliphatic carboxylic acids is 1. The van der Waals surface area contributed by atoms with E-state index in [9.17, 15) is 19.8 Å². The third kappa shape index (κ3) is 5.41. The number of halogens is 1. The van der Waals surface area contributed by atoms with Crippen molar-refractivity contribution < 1.29 is 24.5 Å². The van der Waals surface area contributed by atoms with Crippen LogP contribution < -0.4 is 4.74 Å². The molecule has 1 heterocycles. The van der Waals surface area contributed by atoms with Gasteiger partial charge < -0.3 is 14.9 Å². The van der Waals surface area contributed by atoms with E-state index >= 15 is 0 Å². The zero-order chi connectivity index (χ0) is 25.2. The Morgan fingerprint density at radius 2 is 1.80 bits per heavy atom. The van der Waals surface area contributed by atoms with Crippen LogP contribution in [0.4, 0.5) is 4.79 Å². The molecule has 0 unspecified atom stereocenters. The second-order valence-electron chi connectivity index (χ2n) is 9.97. The molecule has 1 aliphatic carbocycles. The van der Waals surface area contributed by atoms with E-state index in [0.717, 1.165) is 42.6 Å². The van der Waals surface area contributed by atoms with Gasteiger partial charge in [-0.05, 0) is 75.4 Å². The number of carboxylic acid groups (broad SMARTS) is 2. The first-order valence-corrected chi connectivity index (χ1v) is 12.5. The lowest BCUT2D eigenvalue weighted by Crippen LogP contribution is -2.44. The summed E-state index contributed by atoms with van der Waals surface area (Å²) in [6.07, 6.45) is 3.60. The summed E-state index contributed by atoms with van der Waals surface area (Å²) in [7, 11) is 4.33. The van der Waals surface area contributed by atoms with Crippen molar-refractivity contribution in [1.82, 2.24) is 9.80 Å². The fourth-order valence-corrected chi connectivity index (χ4v) is 5.87. The summed E-state index contributed by atoms with van der Waals surface area (Å²) in [6.45, 7) is 0.00157. The van der Waals surface area contributed by atoms with Gasteiger partial charge in [0.15, 0.2) is 0 Å². The summed E-state index contributed by atoms with van der Waals surface area (Å²) in [5.74, 6) is -0.139. The van der Waals surface area contributed by atoms with E-state index < -0.39 is 24.2 Å². The van der Waals surface area contributed by atoms with Crippen LogP contribution >= 0.6 is 11.6 Å².